The standard InChI is InChI=1S/C22H21FN4O2/c1-14(2)26-21(28)19-20(27(22(26)29)18-11-7-10-17(23)12-18)24-13-25(19)15(3)16-8-5-4-6-9-16/h4-15H,1-3H3. The van der Waals surface area contributed by atoms with E-state index in [0.717, 1.165) is 5.56 Å². The number of aromatic nitrogens is 4. The van der Waals surface area contributed by atoms with E-state index in [0.29, 0.717) is 11.2 Å². The van der Waals surface area contributed by atoms with E-state index in [2.05, 4.69) is 4.98 Å². The van der Waals surface area contributed by atoms with Crippen molar-refractivity contribution in [1.82, 2.24) is 18.7 Å². The zero-order valence-electron chi connectivity index (χ0n) is 16.4. The fraction of sp³-hybridized carbons (Fsp3) is 0.227. The Morgan fingerprint density at radius 2 is 1.69 bits per heavy atom. The molecule has 0 spiro atoms. The first-order chi connectivity index (χ1) is 13.9. The maximum Gasteiger partial charge on any atom is 0.337 e. The second-order valence-corrected chi connectivity index (χ2v) is 7.28. The Hall–Kier alpha value is -3.48. The van der Waals surface area contributed by atoms with Crippen molar-refractivity contribution in [2.24, 2.45) is 0 Å². The van der Waals surface area contributed by atoms with Crippen molar-refractivity contribution in [1.29, 1.82) is 0 Å². The van der Waals surface area contributed by atoms with Gasteiger partial charge in [-0.3, -0.25) is 9.36 Å². The molecule has 2 aromatic heterocycles. The number of hydrogen-bond acceptors (Lipinski definition) is 3. The topological polar surface area (TPSA) is 61.8 Å². The van der Waals surface area contributed by atoms with Crippen LogP contribution in [0.1, 0.15) is 38.4 Å². The fourth-order valence-electron chi connectivity index (χ4n) is 3.61. The van der Waals surface area contributed by atoms with Crippen LogP contribution >= 0.6 is 0 Å². The van der Waals surface area contributed by atoms with E-state index in [-0.39, 0.29) is 17.7 Å². The van der Waals surface area contributed by atoms with E-state index in [1.54, 1.807) is 30.8 Å². The number of nitrogens with zero attached hydrogens (tertiary/aromatic N) is 4. The third-order valence-corrected chi connectivity index (χ3v) is 5.09. The van der Waals surface area contributed by atoms with Crippen molar-refractivity contribution in [3.63, 3.8) is 0 Å². The molecule has 7 heteroatoms. The van der Waals surface area contributed by atoms with E-state index in [1.807, 2.05) is 37.3 Å². The van der Waals surface area contributed by atoms with Gasteiger partial charge in [-0.25, -0.2) is 18.7 Å². The lowest BCUT2D eigenvalue weighted by Gasteiger charge is -2.17. The van der Waals surface area contributed by atoms with Crippen LogP contribution in [0.15, 0.2) is 70.5 Å². The average Bonchev–Trinajstić information content (AvgIpc) is 3.13. The molecule has 0 fully saturated rings. The molecule has 1 unspecified atom stereocenters. The van der Waals surface area contributed by atoms with Crippen molar-refractivity contribution in [3.05, 3.63) is 93.1 Å². The molecule has 0 saturated heterocycles. The van der Waals surface area contributed by atoms with Crippen LogP contribution in [0.5, 0.6) is 0 Å². The summed E-state index contributed by atoms with van der Waals surface area (Å²) in [6, 6.07) is 14.9. The van der Waals surface area contributed by atoms with Crippen molar-refractivity contribution in [3.8, 4) is 5.69 Å². The number of imidazole rings is 1. The van der Waals surface area contributed by atoms with Gasteiger partial charge in [-0.1, -0.05) is 36.4 Å². The second kappa shape index (κ2) is 7.16. The molecular weight excluding hydrogens is 371 g/mol. The van der Waals surface area contributed by atoms with Crippen LogP contribution in [0.2, 0.25) is 0 Å². The summed E-state index contributed by atoms with van der Waals surface area (Å²) in [4.78, 5) is 30.8. The van der Waals surface area contributed by atoms with Crippen LogP contribution in [0.25, 0.3) is 16.9 Å². The zero-order valence-corrected chi connectivity index (χ0v) is 16.4. The van der Waals surface area contributed by atoms with E-state index >= 15 is 0 Å². The van der Waals surface area contributed by atoms with E-state index < -0.39 is 17.1 Å². The predicted octanol–water partition coefficient (Wildman–Crippen LogP) is 3.68. The van der Waals surface area contributed by atoms with Crippen LogP contribution in [-0.4, -0.2) is 18.7 Å². The third-order valence-electron chi connectivity index (χ3n) is 5.09. The summed E-state index contributed by atoms with van der Waals surface area (Å²) < 4.78 is 18.1. The number of rotatable bonds is 4. The van der Waals surface area contributed by atoms with Gasteiger partial charge in [0.25, 0.3) is 5.56 Å². The summed E-state index contributed by atoms with van der Waals surface area (Å²) >= 11 is 0. The van der Waals surface area contributed by atoms with Gasteiger partial charge in [-0.2, -0.15) is 0 Å². The van der Waals surface area contributed by atoms with Gasteiger partial charge in [-0.15, -0.1) is 0 Å². The second-order valence-electron chi connectivity index (χ2n) is 7.28. The highest BCUT2D eigenvalue weighted by Gasteiger charge is 2.23. The maximum absolute atomic E-state index is 13.9. The van der Waals surface area contributed by atoms with Gasteiger partial charge >= 0.3 is 5.69 Å². The van der Waals surface area contributed by atoms with Gasteiger partial charge in [0, 0.05) is 6.04 Å². The van der Waals surface area contributed by atoms with Gasteiger partial charge in [0.05, 0.1) is 18.1 Å². The minimum atomic E-state index is -0.541. The van der Waals surface area contributed by atoms with Gasteiger partial charge in [0.2, 0.25) is 0 Å². The SMILES string of the molecule is CC(C)n1c(=O)c2c(ncn2C(C)c2ccccc2)n(-c2cccc(F)c2)c1=O. The molecule has 4 aromatic rings. The molecule has 4 rings (SSSR count). The molecule has 29 heavy (non-hydrogen) atoms. The molecule has 1 atom stereocenters. The normalized spacial score (nSPS) is 12.6. The van der Waals surface area contributed by atoms with Crippen LogP contribution in [0, 0.1) is 5.82 Å². The minimum absolute atomic E-state index is 0.173. The Kier molecular flexibility index (Phi) is 4.66. The van der Waals surface area contributed by atoms with Crippen LogP contribution in [0.4, 0.5) is 4.39 Å². The number of fused-ring (bicyclic) bond motifs is 1. The summed E-state index contributed by atoms with van der Waals surface area (Å²) in [6.07, 6.45) is 1.56. The molecule has 148 valence electrons. The quantitative estimate of drug-likeness (QED) is 0.532. The van der Waals surface area contributed by atoms with E-state index in [4.69, 9.17) is 0 Å². The van der Waals surface area contributed by atoms with Gasteiger partial charge in [-0.05, 0) is 44.5 Å². The van der Waals surface area contributed by atoms with Gasteiger partial charge < -0.3 is 4.57 Å². The third kappa shape index (κ3) is 3.08. The smallest absolute Gasteiger partial charge is 0.317 e. The number of hydrogen-bond donors (Lipinski definition) is 0. The first-order valence-corrected chi connectivity index (χ1v) is 9.45. The highest BCUT2D eigenvalue weighted by Crippen LogP contribution is 2.22. The van der Waals surface area contributed by atoms with Crippen molar-refractivity contribution in [2.45, 2.75) is 32.9 Å². The molecule has 0 N–H and O–H groups in total. The molecule has 0 radical (unpaired) electrons. The molecule has 0 amide bonds. The summed E-state index contributed by atoms with van der Waals surface area (Å²) in [7, 11) is 0. The number of halogens is 1. The zero-order chi connectivity index (χ0) is 20.7. The molecular formula is C22H21FN4O2. The lowest BCUT2D eigenvalue weighted by molar-refractivity contribution is 0.536. The largest absolute Gasteiger partial charge is 0.337 e. The Balaban J connectivity index is 2.09. The van der Waals surface area contributed by atoms with Crippen LogP contribution in [-0.2, 0) is 0 Å². The monoisotopic (exact) mass is 392 g/mol. The summed E-state index contributed by atoms with van der Waals surface area (Å²) in [5.41, 5.74) is 0.899. The molecule has 0 bridgehead atoms. The van der Waals surface area contributed by atoms with E-state index in [1.165, 1.54) is 27.3 Å². The lowest BCUT2D eigenvalue weighted by atomic mass is 10.1. The molecule has 0 saturated carbocycles. The highest BCUT2D eigenvalue weighted by atomic mass is 19.1. The first-order valence-electron chi connectivity index (χ1n) is 9.45. The fourth-order valence-corrected chi connectivity index (χ4v) is 3.61. The van der Waals surface area contributed by atoms with E-state index in [9.17, 15) is 14.0 Å². The van der Waals surface area contributed by atoms with Crippen LogP contribution in [0.3, 0.4) is 0 Å². The molecule has 2 heterocycles. The summed E-state index contributed by atoms with van der Waals surface area (Å²) in [5.74, 6) is -0.470. The summed E-state index contributed by atoms with van der Waals surface area (Å²) in [6.45, 7) is 5.50. The summed E-state index contributed by atoms with van der Waals surface area (Å²) in [5, 5.41) is 0. The highest BCUT2D eigenvalue weighted by molar-refractivity contribution is 5.73. The Bertz CT molecular complexity index is 1300. The maximum atomic E-state index is 13.9. The predicted molar refractivity (Wildman–Crippen MR) is 110 cm³/mol. The number of benzene rings is 2. The molecule has 0 aliphatic heterocycles. The lowest BCUT2D eigenvalue weighted by Crippen LogP contribution is -2.41. The average molecular weight is 392 g/mol. The Morgan fingerprint density at radius 3 is 2.34 bits per heavy atom. The van der Waals surface area contributed by atoms with Gasteiger partial charge in [0.15, 0.2) is 11.2 Å². The van der Waals surface area contributed by atoms with Crippen molar-refractivity contribution < 1.29 is 4.39 Å². The molecule has 6 nitrogen and oxygen atoms in total. The molecule has 2 aromatic carbocycles. The molecule has 0 aliphatic rings. The van der Waals surface area contributed by atoms with Crippen molar-refractivity contribution >= 4 is 11.2 Å². The Labute approximate surface area is 166 Å². The Morgan fingerprint density at radius 1 is 0.966 bits per heavy atom. The van der Waals surface area contributed by atoms with Gasteiger partial charge in [0.1, 0.15) is 5.82 Å². The van der Waals surface area contributed by atoms with Crippen molar-refractivity contribution in [2.75, 3.05) is 0 Å². The molecule has 0 aliphatic carbocycles. The van der Waals surface area contributed by atoms with Crippen LogP contribution < -0.4 is 11.2 Å². The minimum Gasteiger partial charge on any atom is -0.317 e. The first kappa shape index (κ1) is 18.9.